The number of hydrogen-bond acceptors (Lipinski definition) is 5. The van der Waals surface area contributed by atoms with E-state index >= 15 is 0 Å². The molecule has 178 valence electrons. The molecule has 33 heavy (non-hydrogen) atoms. The summed E-state index contributed by atoms with van der Waals surface area (Å²) in [6.07, 6.45) is 8.09. The Hall–Kier alpha value is -2.57. The summed E-state index contributed by atoms with van der Waals surface area (Å²) in [5.74, 6) is 1.05. The normalized spacial score (nSPS) is 15.2. The molecule has 6 nitrogen and oxygen atoms in total. The average molecular weight is 472 g/mol. The predicted octanol–water partition coefficient (Wildman–Crippen LogP) is 4.71. The molecule has 1 amide bonds. The second kappa shape index (κ2) is 12.1. The maximum Gasteiger partial charge on any atom is 0.246 e. The van der Waals surface area contributed by atoms with E-state index in [0.717, 1.165) is 50.2 Å². The zero-order valence-corrected chi connectivity index (χ0v) is 20.7. The van der Waals surface area contributed by atoms with Crippen molar-refractivity contribution >= 4 is 23.6 Å². The van der Waals surface area contributed by atoms with Crippen LogP contribution in [0.3, 0.4) is 0 Å². The van der Waals surface area contributed by atoms with Gasteiger partial charge in [-0.2, -0.15) is 0 Å². The van der Waals surface area contributed by atoms with E-state index in [4.69, 9.17) is 21.1 Å². The highest BCUT2D eigenvalue weighted by Crippen LogP contribution is 2.37. The zero-order valence-electron chi connectivity index (χ0n) is 20.0. The summed E-state index contributed by atoms with van der Waals surface area (Å²) in [4.78, 5) is 21.5. The number of ether oxygens (including phenoxy) is 2. The van der Waals surface area contributed by atoms with Crippen molar-refractivity contribution in [3.63, 3.8) is 0 Å². The number of pyridine rings is 1. The Morgan fingerprint density at radius 3 is 2.70 bits per heavy atom. The number of benzene rings is 1. The van der Waals surface area contributed by atoms with Crippen LogP contribution >= 0.6 is 11.6 Å². The maximum atomic E-state index is 12.8. The van der Waals surface area contributed by atoms with E-state index in [1.165, 1.54) is 0 Å². The van der Waals surface area contributed by atoms with Crippen LogP contribution in [0.15, 0.2) is 42.6 Å². The van der Waals surface area contributed by atoms with Crippen LogP contribution < -0.4 is 9.47 Å². The van der Waals surface area contributed by atoms with Crippen molar-refractivity contribution in [2.24, 2.45) is 0 Å². The Morgan fingerprint density at radius 2 is 2.06 bits per heavy atom. The number of hydrogen-bond donors (Lipinski definition) is 0. The van der Waals surface area contributed by atoms with Gasteiger partial charge in [0.2, 0.25) is 5.91 Å². The minimum atomic E-state index is -0.0190. The highest BCUT2D eigenvalue weighted by molar-refractivity contribution is 6.32. The first kappa shape index (κ1) is 25.1. The molecule has 7 heteroatoms. The number of rotatable bonds is 9. The number of piperidine rings is 1. The number of likely N-dealkylation sites (tertiary alicyclic amines) is 1. The molecule has 0 aliphatic carbocycles. The molecule has 0 atom stereocenters. The summed E-state index contributed by atoms with van der Waals surface area (Å²) in [5, 5.41) is 0.460. The molecule has 1 saturated heterocycles. The van der Waals surface area contributed by atoms with E-state index in [-0.39, 0.29) is 18.1 Å². The molecule has 2 heterocycles. The van der Waals surface area contributed by atoms with Crippen LogP contribution in [-0.4, -0.2) is 66.6 Å². The van der Waals surface area contributed by atoms with Crippen molar-refractivity contribution in [3.05, 3.63) is 58.9 Å². The third-order valence-corrected chi connectivity index (χ3v) is 6.17. The van der Waals surface area contributed by atoms with Gasteiger partial charge in [0.15, 0.2) is 11.5 Å². The lowest BCUT2D eigenvalue weighted by Gasteiger charge is -2.36. The van der Waals surface area contributed by atoms with Crippen LogP contribution in [0, 0.1) is 0 Å². The van der Waals surface area contributed by atoms with Gasteiger partial charge in [-0.05, 0) is 62.6 Å². The highest BCUT2D eigenvalue weighted by Gasteiger charge is 2.24. The first-order valence-electron chi connectivity index (χ1n) is 11.5. The van der Waals surface area contributed by atoms with E-state index in [1.807, 2.05) is 50.2 Å². The molecule has 1 aliphatic rings. The summed E-state index contributed by atoms with van der Waals surface area (Å²) >= 11 is 6.39. The third-order valence-electron chi connectivity index (χ3n) is 5.89. The Bertz CT molecular complexity index is 941. The zero-order chi connectivity index (χ0) is 23.8. The molecule has 0 unspecified atom stereocenters. The number of carbonyl (C=O) groups excluding carboxylic acids is 1. The topological polar surface area (TPSA) is 54.9 Å². The van der Waals surface area contributed by atoms with Crippen LogP contribution in [0.2, 0.25) is 5.02 Å². The molecule has 0 spiro atoms. The van der Waals surface area contributed by atoms with Gasteiger partial charge in [0.1, 0.15) is 0 Å². The number of aromatic nitrogens is 1. The van der Waals surface area contributed by atoms with Gasteiger partial charge in [-0.1, -0.05) is 17.7 Å². The lowest BCUT2D eigenvalue weighted by atomic mass is 10.0. The number of methoxy groups -OCH3 is 1. The number of carbonyl (C=O) groups is 1. The fourth-order valence-electron chi connectivity index (χ4n) is 4.00. The molecule has 1 aliphatic heterocycles. The van der Waals surface area contributed by atoms with Gasteiger partial charge in [0, 0.05) is 57.1 Å². The molecule has 0 radical (unpaired) electrons. The molecular formula is C26H34ClN3O3. The summed E-state index contributed by atoms with van der Waals surface area (Å²) in [5.41, 5.74) is 1.91. The first-order chi connectivity index (χ1) is 15.9. The molecule has 2 aromatic rings. The smallest absolute Gasteiger partial charge is 0.246 e. The summed E-state index contributed by atoms with van der Waals surface area (Å²) < 4.78 is 11.2. The third kappa shape index (κ3) is 7.21. The molecule has 0 N–H and O–H groups in total. The van der Waals surface area contributed by atoms with Gasteiger partial charge >= 0.3 is 0 Å². The van der Waals surface area contributed by atoms with Crippen molar-refractivity contribution in [3.8, 4) is 11.5 Å². The van der Waals surface area contributed by atoms with Gasteiger partial charge < -0.3 is 19.3 Å². The minimum absolute atomic E-state index is 0.0143. The molecule has 0 bridgehead atoms. The summed E-state index contributed by atoms with van der Waals surface area (Å²) in [6, 6.07) is 9.89. The van der Waals surface area contributed by atoms with Crippen molar-refractivity contribution in [2.75, 3.05) is 33.8 Å². The lowest BCUT2D eigenvalue weighted by Crippen LogP contribution is -2.45. The van der Waals surface area contributed by atoms with Crippen LogP contribution in [0.4, 0.5) is 0 Å². The van der Waals surface area contributed by atoms with E-state index < -0.39 is 0 Å². The predicted molar refractivity (Wildman–Crippen MR) is 133 cm³/mol. The molecule has 1 aromatic carbocycles. The van der Waals surface area contributed by atoms with Crippen LogP contribution in [0.25, 0.3) is 6.08 Å². The fraction of sp³-hybridized carbons (Fsp3) is 0.462. The van der Waals surface area contributed by atoms with E-state index in [9.17, 15) is 4.79 Å². The van der Waals surface area contributed by atoms with Crippen LogP contribution in [-0.2, 0) is 11.2 Å². The molecule has 1 aromatic heterocycles. The molecular weight excluding hydrogens is 438 g/mol. The largest absolute Gasteiger partial charge is 0.493 e. The molecule has 0 saturated carbocycles. The van der Waals surface area contributed by atoms with Crippen molar-refractivity contribution in [1.29, 1.82) is 0 Å². The first-order valence-corrected chi connectivity index (χ1v) is 11.9. The highest BCUT2D eigenvalue weighted by atomic mass is 35.5. The summed E-state index contributed by atoms with van der Waals surface area (Å²) in [7, 11) is 3.46. The molecule has 1 fully saturated rings. The van der Waals surface area contributed by atoms with Crippen LogP contribution in [0.5, 0.6) is 11.5 Å². The van der Waals surface area contributed by atoms with Crippen molar-refractivity contribution in [1.82, 2.24) is 14.8 Å². The maximum absolute atomic E-state index is 12.8. The standard InChI is InChI=1S/C26H34ClN3O3/c1-19(2)33-26-23(27)17-20(18-24(26)32-4)8-9-25(31)29(3)22-11-15-30(16-12-22)14-10-21-7-5-6-13-28-21/h5-9,13,17-19,22H,10-12,14-16H2,1-4H3. The fourth-order valence-corrected chi connectivity index (χ4v) is 4.26. The second-order valence-corrected chi connectivity index (χ2v) is 9.03. The van der Waals surface area contributed by atoms with Gasteiger partial charge in [-0.25, -0.2) is 0 Å². The Morgan fingerprint density at radius 1 is 1.30 bits per heavy atom. The summed E-state index contributed by atoms with van der Waals surface area (Å²) in [6.45, 7) is 6.85. The lowest BCUT2D eigenvalue weighted by molar-refractivity contribution is -0.127. The van der Waals surface area contributed by atoms with E-state index in [2.05, 4.69) is 16.0 Å². The Kier molecular flexibility index (Phi) is 9.15. The van der Waals surface area contributed by atoms with Gasteiger partial charge in [0.25, 0.3) is 0 Å². The number of amides is 1. The van der Waals surface area contributed by atoms with Gasteiger partial charge in [-0.15, -0.1) is 0 Å². The number of likely N-dealkylation sites (N-methyl/N-ethyl adjacent to an activating group) is 1. The quantitative estimate of drug-likeness (QED) is 0.496. The van der Waals surface area contributed by atoms with E-state index in [0.29, 0.717) is 16.5 Å². The number of nitrogens with zero attached hydrogens (tertiary/aromatic N) is 3. The van der Waals surface area contributed by atoms with E-state index in [1.54, 1.807) is 25.3 Å². The average Bonchev–Trinajstić information content (AvgIpc) is 2.82. The number of halogens is 1. The second-order valence-electron chi connectivity index (χ2n) is 8.63. The van der Waals surface area contributed by atoms with Crippen LogP contribution in [0.1, 0.15) is 37.9 Å². The Labute approximate surface area is 202 Å². The molecule has 3 rings (SSSR count). The minimum Gasteiger partial charge on any atom is -0.493 e. The monoisotopic (exact) mass is 471 g/mol. The van der Waals surface area contributed by atoms with Gasteiger partial charge in [0.05, 0.1) is 18.2 Å². The van der Waals surface area contributed by atoms with Crippen molar-refractivity contribution < 1.29 is 14.3 Å². The van der Waals surface area contributed by atoms with Crippen molar-refractivity contribution in [2.45, 2.75) is 45.3 Å². The van der Waals surface area contributed by atoms with Gasteiger partial charge in [-0.3, -0.25) is 9.78 Å². The SMILES string of the molecule is COc1cc(C=CC(=O)N(C)C2CCN(CCc3ccccn3)CC2)cc(Cl)c1OC(C)C. The Balaban J connectivity index is 1.52.